The highest BCUT2D eigenvalue weighted by Crippen LogP contribution is 2.30. The third kappa shape index (κ3) is 4.56. The Labute approximate surface area is 173 Å². The first kappa shape index (κ1) is 19.0. The van der Waals surface area contributed by atoms with Crippen LogP contribution in [-0.2, 0) is 4.79 Å². The van der Waals surface area contributed by atoms with Gasteiger partial charge in [-0.15, -0.1) is 0 Å². The van der Waals surface area contributed by atoms with Crippen molar-refractivity contribution < 1.29 is 4.79 Å². The number of anilines is 1. The molecule has 0 saturated heterocycles. The van der Waals surface area contributed by atoms with Crippen LogP contribution in [0.2, 0.25) is 5.02 Å². The topological polar surface area (TPSA) is 66.9 Å². The SMILES string of the molecule is C[C@@H](NC(=O)CSc1nc(NC2CC2)c2ccccc2n1)c1ccccc1Cl. The zero-order valence-corrected chi connectivity index (χ0v) is 17.1. The van der Waals surface area contributed by atoms with E-state index in [0.717, 1.165) is 22.3 Å². The molecule has 2 aromatic carbocycles. The Morgan fingerprint density at radius 1 is 1.18 bits per heavy atom. The number of halogens is 1. The minimum atomic E-state index is -0.161. The van der Waals surface area contributed by atoms with Gasteiger partial charge in [-0.3, -0.25) is 4.79 Å². The van der Waals surface area contributed by atoms with Crippen molar-refractivity contribution in [2.75, 3.05) is 11.1 Å². The maximum absolute atomic E-state index is 12.4. The Hall–Kier alpha value is -2.31. The summed E-state index contributed by atoms with van der Waals surface area (Å²) >= 11 is 7.55. The molecule has 28 heavy (non-hydrogen) atoms. The fourth-order valence-corrected chi connectivity index (χ4v) is 3.93. The molecule has 1 aliphatic carbocycles. The molecule has 0 radical (unpaired) electrons. The molecule has 144 valence electrons. The van der Waals surface area contributed by atoms with Gasteiger partial charge in [-0.25, -0.2) is 9.97 Å². The van der Waals surface area contributed by atoms with E-state index in [-0.39, 0.29) is 17.7 Å². The maximum atomic E-state index is 12.4. The number of hydrogen-bond donors (Lipinski definition) is 2. The fourth-order valence-electron chi connectivity index (χ4n) is 2.97. The number of benzene rings is 2. The van der Waals surface area contributed by atoms with E-state index < -0.39 is 0 Å². The van der Waals surface area contributed by atoms with Crippen LogP contribution in [0.25, 0.3) is 10.9 Å². The zero-order chi connectivity index (χ0) is 19.5. The molecule has 0 aliphatic heterocycles. The molecule has 3 aromatic rings. The lowest BCUT2D eigenvalue weighted by molar-refractivity contribution is -0.119. The third-order valence-electron chi connectivity index (χ3n) is 4.58. The highest BCUT2D eigenvalue weighted by molar-refractivity contribution is 7.99. The standard InChI is InChI=1S/C21H21ClN4OS/c1-13(15-6-2-4-8-17(15)22)23-19(27)12-28-21-25-18-9-5-3-7-16(18)20(26-21)24-14-10-11-14/h2-9,13-14H,10-12H2,1H3,(H,23,27)(H,24,25,26)/t13-/m1/s1. The van der Waals surface area contributed by atoms with E-state index in [0.29, 0.717) is 16.2 Å². The van der Waals surface area contributed by atoms with Crippen molar-refractivity contribution in [1.82, 2.24) is 15.3 Å². The highest BCUT2D eigenvalue weighted by atomic mass is 35.5. The predicted octanol–water partition coefficient (Wildman–Crippen LogP) is 4.83. The summed E-state index contributed by atoms with van der Waals surface area (Å²) in [4.78, 5) is 21.6. The second kappa shape index (κ2) is 8.37. The Morgan fingerprint density at radius 2 is 1.93 bits per heavy atom. The van der Waals surface area contributed by atoms with Crippen LogP contribution in [0.3, 0.4) is 0 Å². The molecule has 1 amide bonds. The molecular formula is C21H21ClN4OS. The van der Waals surface area contributed by atoms with E-state index in [4.69, 9.17) is 11.6 Å². The quantitative estimate of drug-likeness (QED) is 0.430. The Morgan fingerprint density at radius 3 is 2.71 bits per heavy atom. The molecule has 2 N–H and O–H groups in total. The van der Waals surface area contributed by atoms with Gasteiger partial charge in [-0.1, -0.05) is 53.7 Å². The van der Waals surface area contributed by atoms with E-state index in [1.54, 1.807) is 0 Å². The summed E-state index contributed by atoms with van der Waals surface area (Å²) in [5.74, 6) is 1.02. The van der Waals surface area contributed by atoms with Crippen molar-refractivity contribution in [2.24, 2.45) is 0 Å². The molecular weight excluding hydrogens is 392 g/mol. The van der Waals surface area contributed by atoms with Crippen LogP contribution in [0, 0.1) is 0 Å². The molecule has 0 bridgehead atoms. The third-order valence-corrected chi connectivity index (χ3v) is 5.77. The Balaban J connectivity index is 1.43. The first-order chi connectivity index (χ1) is 13.6. The first-order valence-electron chi connectivity index (χ1n) is 9.30. The molecule has 0 spiro atoms. The smallest absolute Gasteiger partial charge is 0.230 e. The normalized spacial score (nSPS) is 14.6. The lowest BCUT2D eigenvalue weighted by atomic mass is 10.1. The predicted molar refractivity (Wildman–Crippen MR) is 115 cm³/mol. The van der Waals surface area contributed by atoms with Gasteiger partial charge in [0.2, 0.25) is 5.91 Å². The van der Waals surface area contributed by atoms with Crippen molar-refractivity contribution in [3.63, 3.8) is 0 Å². The molecule has 5 nitrogen and oxygen atoms in total. The first-order valence-corrected chi connectivity index (χ1v) is 10.7. The van der Waals surface area contributed by atoms with Crippen molar-refractivity contribution in [3.05, 3.63) is 59.1 Å². The minimum absolute atomic E-state index is 0.0779. The van der Waals surface area contributed by atoms with Gasteiger partial charge in [0.15, 0.2) is 5.16 Å². The highest BCUT2D eigenvalue weighted by Gasteiger charge is 2.23. The maximum Gasteiger partial charge on any atom is 0.230 e. The number of carbonyl (C=O) groups excluding carboxylic acids is 1. The summed E-state index contributed by atoms with van der Waals surface area (Å²) in [5, 5.41) is 8.71. The van der Waals surface area contributed by atoms with Gasteiger partial charge in [0.05, 0.1) is 17.3 Å². The molecule has 1 saturated carbocycles. The van der Waals surface area contributed by atoms with Crippen LogP contribution < -0.4 is 10.6 Å². The van der Waals surface area contributed by atoms with Gasteiger partial charge in [0, 0.05) is 16.5 Å². The largest absolute Gasteiger partial charge is 0.367 e. The van der Waals surface area contributed by atoms with Crippen LogP contribution >= 0.6 is 23.4 Å². The number of rotatable bonds is 7. The van der Waals surface area contributed by atoms with Crippen LogP contribution in [0.5, 0.6) is 0 Å². The van der Waals surface area contributed by atoms with Crippen LogP contribution in [0.1, 0.15) is 31.4 Å². The zero-order valence-electron chi connectivity index (χ0n) is 15.5. The van der Waals surface area contributed by atoms with Crippen LogP contribution in [-0.4, -0.2) is 27.7 Å². The number of carbonyl (C=O) groups is 1. The Kier molecular flexibility index (Phi) is 5.69. The molecule has 1 aliphatic rings. The number of nitrogens with one attached hydrogen (secondary N) is 2. The average Bonchev–Trinajstić information content (AvgIpc) is 3.51. The van der Waals surface area contributed by atoms with Gasteiger partial charge in [0.1, 0.15) is 5.82 Å². The number of nitrogens with zero attached hydrogens (tertiary/aromatic N) is 2. The second-order valence-corrected chi connectivity index (χ2v) is 8.24. The van der Waals surface area contributed by atoms with Crippen molar-refractivity contribution in [3.8, 4) is 0 Å². The lowest BCUT2D eigenvalue weighted by Gasteiger charge is -2.15. The number of amides is 1. The molecule has 1 aromatic heterocycles. The molecule has 1 fully saturated rings. The van der Waals surface area contributed by atoms with E-state index in [9.17, 15) is 4.79 Å². The van der Waals surface area contributed by atoms with E-state index >= 15 is 0 Å². The van der Waals surface area contributed by atoms with E-state index in [1.807, 2.05) is 55.5 Å². The molecule has 1 atom stereocenters. The van der Waals surface area contributed by atoms with Gasteiger partial charge >= 0.3 is 0 Å². The number of hydrogen-bond acceptors (Lipinski definition) is 5. The van der Waals surface area contributed by atoms with Gasteiger partial charge < -0.3 is 10.6 Å². The summed E-state index contributed by atoms with van der Waals surface area (Å²) in [7, 11) is 0. The number of para-hydroxylation sites is 1. The lowest BCUT2D eigenvalue weighted by Crippen LogP contribution is -2.28. The molecule has 4 rings (SSSR count). The van der Waals surface area contributed by atoms with Gasteiger partial charge in [-0.2, -0.15) is 0 Å². The van der Waals surface area contributed by atoms with Gasteiger partial charge in [0.25, 0.3) is 0 Å². The Bertz CT molecular complexity index is 1010. The number of thioether (sulfide) groups is 1. The summed E-state index contributed by atoms with van der Waals surface area (Å²) in [5.41, 5.74) is 1.79. The van der Waals surface area contributed by atoms with Crippen molar-refractivity contribution in [2.45, 2.75) is 37.0 Å². The van der Waals surface area contributed by atoms with Crippen molar-refractivity contribution >= 4 is 46.0 Å². The second-order valence-electron chi connectivity index (χ2n) is 6.89. The average molecular weight is 413 g/mol. The molecule has 7 heteroatoms. The molecule has 0 unspecified atom stereocenters. The fraction of sp³-hybridized carbons (Fsp3) is 0.286. The summed E-state index contributed by atoms with van der Waals surface area (Å²) in [6.45, 7) is 1.92. The van der Waals surface area contributed by atoms with Crippen LogP contribution in [0.4, 0.5) is 5.82 Å². The summed E-state index contributed by atoms with van der Waals surface area (Å²) < 4.78 is 0. The van der Waals surface area contributed by atoms with E-state index in [1.165, 1.54) is 24.6 Å². The van der Waals surface area contributed by atoms with Crippen molar-refractivity contribution in [1.29, 1.82) is 0 Å². The number of aromatic nitrogens is 2. The van der Waals surface area contributed by atoms with Gasteiger partial charge in [-0.05, 0) is 43.5 Å². The van der Waals surface area contributed by atoms with E-state index in [2.05, 4.69) is 20.6 Å². The number of fused-ring (bicyclic) bond motifs is 1. The molecule has 1 heterocycles. The summed E-state index contributed by atoms with van der Waals surface area (Å²) in [6.07, 6.45) is 2.34. The minimum Gasteiger partial charge on any atom is -0.367 e. The van der Waals surface area contributed by atoms with Crippen LogP contribution in [0.15, 0.2) is 53.7 Å². The monoisotopic (exact) mass is 412 g/mol. The summed E-state index contributed by atoms with van der Waals surface area (Å²) in [6, 6.07) is 15.8.